The highest BCUT2D eigenvalue weighted by Gasteiger charge is 2.58. The first-order valence-electron chi connectivity index (χ1n) is 11.2. The zero-order chi connectivity index (χ0) is 20.8. The minimum absolute atomic E-state index is 0.156. The molecule has 5 fully saturated rings. The Morgan fingerprint density at radius 1 is 1.13 bits per heavy atom. The number of ether oxygens (including phenoxy) is 2. The largest absolute Gasteiger partial charge is 0.489 e. The Bertz CT molecular complexity index is 803. The number of halogens is 1. The van der Waals surface area contributed by atoms with E-state index in [9.17, 15) is 9.18 Å². The summed E-state index contributed by atoms with van der Waals surface area (Å²) in [6, 6.07) is 8.57. The van der Waals surface area contributed by atoms with Crippen LogP contribution in [0.3, 0.4) is 0 Å². The van der Waals surface area contributed by atoms with Gasteiger partial charge in [-0.15, -0.1) is 0 Å². The van der Waals surface area contributed by atoms with Gasteiger partial charge in [0.15, 0.2) is 0 Å². The van der Waals surface area contributed by atoms with Gasteiger partial charge in [0, 0.05) is 35.4 Å². The normalized spacial score (nSPS) is 37.0. The summed E-state index contributed by atoms with van der Waals surface area (Å²) in [4.78, 5) is 13.1. The lowest BCUT2D eigenvalue weighted by Gasteiger charge is -2.53. The van der Waals surface area contributed by atoms with Gasteiger partial charge in [0.25, 0.3) is 0 Å². The minimum Gasteiger partial charge on any atom is -0.489 e. The Balaban J connectivity index is 1.19. The summed E-state index contributed by atoms with van der Waals surface area (Å²) in [5, 5.41) is 3.36. The molecule has 3 N–H and O–H groups in total. The summed E-state index contributed by atoms with van der Waals surface area (Å²) in [6.07, 6.45) is 6.60. The third-order valence-corrected chi connectivity index (χ3v) is 8.29. The molecular formula is C24H31FN2O3. The fourth-order valence-corrected chi connectivity index (χ4v) is 5.93. The van der Waals surface area contributed by atoms with Crippen molar-refractivity contribution >= 4 is 5.91 Å². The van der Waals surface area contributed by atoms with Crippen LogP contribution in [0.5, 0.6) is 5.75 Å². The molecule has 1 saturated heterocycles. The molecule has 0 spiro atoms. The number of fused-ring (bicyclic) bond motifs is 4. The first-order valence-corrected chi connectivity index (χ1v) is 11.2. The summed E-state index contributed by atoms with van der Waals surface area (Å²) < 4.78 is 23.7. The molecule has 3 atom stereocenters. The minimum atomic E-state index is -0.167. The molecular weight excluding hydrogens is 383 g/mol. The zero-order valence-corrected chi connectivity index (χ0v) is 17.4. The summed E-state index contributed by atoms with van der Waals surface area (Å²) >= 11 is 0. The molecule has 162 valence electrons. The van der Waals surface area contributed by atoms with E-state index in [1.165, 1.54) is 5.56 Å². The fourth-order valence-electron chi connectivity index (χ4n) is 5.93. The maximum atomic E-state index is 13.1. The van der Waals surface area contributed by atoms with Gasteiger partial charge in [-0.2, -0.15) is 0 Å². The molecule has 1 aliphatic heterocycles. The van der Waals surface area contributed by atoms with Gasteiger partial charge in [0.05, 0.1) is 19.5 Å². The SMILES string of the molecule is NC/C(=C\F)COc1ccc(C23CCC(C(=O)N[C@H]4[C@@H]5COC[C@@H]54)(CC2)CC3)cc1. The summed E-state index contributed by atoms with van der Waals surface area (Å²) in [5.41, 5.74) is 7.25. The number of carbonyl (C=O) groups is 1. The Labute approximate surface area is 177 Å². The van der Waals surface area contributed by atoms with E-state index in [1.807, 2.05) is 12.1 Å². The van der Waals surface area contributed by atoms with Crippen molar-refractivity contribution in [2.45, 2.75) is 50.0 Å². The van der Waals surface area contributed by atoms with Crippen molar-refractivity contribution in [3.63, 3.8) is 0 Å². The van der Waals surface area contributed by atoms with Gasteiger partial charge in [0.1, 0.15) is 12.4 Å². The standard InChI is InChI=1S/C24H31FN2O3/c25-11-16(12-26)13-30-18-3-1-17(2-4-18)23-5-8-24(9-6-23,10-7-23)22(28)27-21-19-14-29-15-20(19)21/h1-4,11,19-21H,5-10,12-15,26H2,(H,27,28)/b16-11+/t19-,20+,21+,23?,24?. The van der Waals surface area contributed by atoms with Gasteiger partial charge in [-0.05, 0) is 61.6 Å². The molecule has 4 saturated carbocycles. The molecule has 1 heterocycles. The number of nitrogens with two attached hydrogens (primary N) is 1. The van der Waals surface area contributed by atoms with E-state index >= 15 is 0 Å². The smallest absolute Gasteiger partial charge is 0.226 e. The number of benzene rings is 1. The molecule has 6 rings (SSSR count). The van der Waals surface area contributed by atoms with Crippen LogP contribution in [0.15, 0.2) is 36.2 Å². The van der Waals surface area contributed by atoms with Crippen molar-refractivity contribution in [3.05, 3.63) is 41.7 Å². The van der Waals surface area contributed by atoms with Crippen LogP contribution >= 0.6 is 0 Å². The van der Waals surface area contributed by atoms with Gasteiger partial charge in [-0.3, -0.25) is 4.79 Å². The Kier molecular flexibility index (Phi) is 5.10. The molecule has 1 amide bonds. The van der Waals surface area contributed by atoms with Crippen molar-refractivity contribution in [2.24, 2.45) is 23.0 Å². The van der Waals surface area contributed by atoms with E-state index in [0.29, 0.717) is 29.8 Å². The summed E-state index contributed by atoms with van der Waals surface area (Å²) in [5.74, 6) is 2.12. The number of nitrogens with one attached hydrogen (secondary N) is 1. The van der Waals surface area contributed by atoms with E-state index < -0.39 is 0 Å². The van der Waals surface area contributed by atoms with Crippen LogP contribution in [0.25, 0.3) is 0 Å². The summed E-state index contributed by atoms with van der Waals surface area (Å²) in [7, 11) is 0. The van der Waals surface area contributed by atoms with E-state index in [4.69, 9.17) is 15.2 Å². The molecule has 4 aliphatic carbocycles. The lowest BCUT2D eigenvalue weighted by molar-refractivity contribution is -0.138. The van der Waals surface area contributed by atoms with Crippen LogP contribution in [0.2, 0.25) is 0 Å². The van der Waals surface area contributed by atoms with Crippen molar-refractivity contribution in [1.82, 2.24) is 5.32 Å². The van der Waals surface area contributed by atoms with E-state index in [1.54, 1.807) is 0 Å². The average Bonchev–Trinajstić information content (AvgIpc) is 3.21. The maximum Gasteiger partial charge on any atom is 0.226 e. The molecule has 0 aromatic heterocycles. The van der Waals surface area contributed by atoms with Crippen LogP contribution in [0.4, 0.5) is 4.39 Å². The Morgan fingerprint density at radius 3 is 2.33 bits per heavy atom. The summed E-state index contributed by atoms with van der Waals surface area (Å²) in [6.45, 7) is 1.94. The van der Waals surface area contributed by atoms with Crippen LogP contribution in [-0.2, 0) is 14.9 Å². The first kappa shape index (κ1) is 20.0. The van der Waals surface area contributed by atoms with Gasteiger partial charge >= 0.3 is 0 Å². The topological polar surface area (TPSA) is 73.6 Å². The van der Waals surface area contributed by atoms with Crippen molar-refractivity contribution in [3.8, 4) is 5.75 Å². The molecule has 5 nitrogen and oxygen atoms in total. The predicted octanol–water partition coefficient (Wildman–Crippen LogP) is 3.23. The van der Waals surface area contributed by atoms with Gasteiger partial charge in [0.2, 0.25) is 5.91 Å². The van der Waals surface area contributed by atoms with E-state index in [2.05, 4.69) is 17.4 Å². The highest BCUT2D eigenvalue weighted by atomic mass is 19.1. The number of amides is 1. The second kappa shape index (κ2) is 7.65. The van der Waals surface area contributed by atoms with Crippen LogP contribution in [0, 0.1) is 17.3 Å². The monoisotopic (exact) mass is 414 g/mol. The van der Waals surface area contributed by atoms with Crippen LogP contribution < -0.4 is 15.8 Å². The second-order valence-corrected chi connectivity index (χ2v) is 9.71. The molecule has 5 aliphatic rings. The first-order chi connectivity index (χ1) is 14.6. The molecule has 6 heteroatoms. The Hall–Kier alpha value is -1.92. The third kappa shape index (κ3) is 3.34. The lowest BCUT2D eigenvalue weighted by Crippen LogP contribution is -2.52. The lowest BCUT2D eigenvalue weighted by atomic mass is 9.51. The van der Waals surface area contributed by atoms with Crippen LogP contribution in [-0.4, -0.2) is 38.3 Å². The quantitative estimate of drug-likeness (QED) is 0.719. The fraction of sp³-hybridized carbons (Fsp3) is 0.625. The highest BCUT2D eigenvalue weighted by molar-refractivity contribution is 5.84. The number of carbonyl (C=O) groups excluding carboxylic acids is 1. The average molecular weight is 415 g/mol. The van der Waals surface area contributed by atoms with E-state index in [-0.39, 0.29) is 29.9 Å². The van der Waals surface area contributed by atoms with E-state index in [0.717, 1.165) is 57.5 Å². The van der Waals surface area contributed by atoms with Crippen molar-refractivity contribution in [1.29, 1.82) is 0 Å². The molecule has 2 bridgehead atoms. The number of rotatable bonds is 7. The molecule has 1 aromatic carbocycles. The maximum absolute atomic E-state index is 13.1. The predicted molar refractivity (Wildman–Crippen MR) is 112 cm³/mol. The molecule has 1 aromatic rings. The highest BCUT2D eigenvalue weighted by Crippen LogP contribution is 2.58. The van der Waals surface area contributed by atoms with Crippen molar-refractivity contribution in [2.75, 3.05) is 26.4 Å². The van der Waals surface area contributed by atoms with Crippen molar-refractivity contribution < 1.29 is 18.7 Å². The Morgan fingerprint density at radius 2 is 1.77 bits per heavy atom. The third-order valence-electron chi connectivity index (χ3n) is 8.29. The molecule has 0 radical (unpaired) electrons. The van der Waals surface area contributed by atoms with Gasteiger partial charge < -0.3 is 20.5 Å². The number of hydrogen-bond donors (Lipinski definition) is 2. The zero-order valence-electron chi connectivity index (χ0n) is 17.4. The molecule has 30 heavy (non-hydrogen) atoms. The van der Waals surface area contributed by atoms with Gasteiger partial charge in [-0.1, -0.05) is 12.1 Å². The van der Waals surface area contributed by atoms with Gasteiger partial charge in [-0.25, -0.2) is 4.39 Å². The second-order valence-electron chi connectivity index (χ2n) is 9.71. The molecule has 0 unspecified atom stereocenters. The number of hydrogen-bond acceptors (Lipinski definition) is 4. The van der Waals surface area contributed by atoms with Crippen LogP contribution in [0.1, 0.15) is 44.1 Å².